The van der Waals surface area contributed by atoms with E-state index in [2.05, 4.69) is 0 Å². The van der Waals surface area contributed by atoms with Crippen LogP contribution in [0.3, 0.4) is 0 Å². The molecule has 8 nitrogen and oxygen atoms in total. The summed E-state index contributed by atoms with van der Waals surface area (Å²) in [5.41, 5.74) is 0.635. The van der Waals surface area contributed by atoms with Gasteiger partial charge < -0.3 is 33.5 Å². The zero-order chi connectivity index (χ0) is 24.0. The number of phenols is 1. The number of allylic oxidation sites excluding steroid dienone is 1. The summed E-state index contributed by atoms with van der Waals surface area (Å²) in [5, 5.41) is 10.8. The molecule has 0 saturated heterocycles. The van der Waals surface area contributed by atoms with Crippen molar-refractivity contribution >= 4 is 17.9 Å². The van der Waals surface area contributed by atoms with Gasteiger partial charge in [0.2, 0.25) is 0 Å². The molecule has 2 aromatic rings. The van der Waals surface area contributed by atoms with Crippen LogP contribution in [0, 0.1) is 0 Å². The lowest BCUT2D eigenvalue weighted by Crippen LogP contribution is -2.27. The van der Waals surface area contributed by atoms with Crippen LogP contribution in [-0.4, -0.2) is 51.4 Å². The van der Waals surface area contributed by atoms with Crippen molar-refractivity contribution in [3.8, 4) is 28.7 Å². The van der Waals surface area contributed by atoms with Gasteiger partial charge in [-0.3, -0.25) is 4.79 Å². The predicted octanol–water partition coefficient (Wildman–Crippen LogP) is 4.45. The lowest BCUT2D eigenvalue weighted by molar-refractivity contribution is 0.0322. The fourth-order valence-electron chi connectivity index (χ4n) is 3.24. The summed E-state index contributed by atoms with van der Waals surface area (Å²) in [4.78, 5) is 13.0. The first kappa shape index (κ1) is 24.2. The SMILES string of the molecule is COCOc1ccc(/C=C/C(=O)c2c(OC)cc3c(c2O)C=CC(C)(C)O3)cc1OCOC. The second-order valence-electron chi connectivity index (χ2n) is 7.76. The standard InChI is InChI=1S/C25H28O8/c1-25(2)11-10-17-20(33-25)13-22(30-5)23(24(17)27)18(26)8-6-16-7-9-19(31-14-28-3)21(12-16)32-15-29-4/h6-13,27H,14-15H2,1-5H3/b8-6+. The van der Waals surface area contributed by atoms with E-state index >= 15 is 0 Å². The molecule has 176 valence electrons. The van der Waals surface area contributed by atoms with Crippen molar-refractivity contribution < 1.29 is 38.3 Å². The number of rotatable bonds is 10. The minimum Gasteiger partial charge on any atom is -0.506 e. The van der Waals surface area contributed by atoms with E-state index in [0.29, 0.717) is 28.4 Å². The molecule has 0 spiro atoms. The lowest BCUT2D eigenvalue weighted by atomic mass is 9.97. The van der Waals surface area contributed by atoms with E-state index in [1.54, 1.807) is 36.4 Å². The Bertz CT molecular complexity index is 1070. The van der Waals surface area contributed by atoms with Gasteiger partial charge in [0.05, 0.1) is 12.7 Å². The van der Waals surface area contributed by atoms with Crippen molar-refractivity contribution in [2.75, 3.05) is 34.9 Å². The van der Waals surface area contributed by atoms with Crippen molar-refractivity contribution in [2.24, 2.45) is 0 Å². The molecule has 1 aliphatic heterocycles. The Morgan fingerprint density at radius 3 is 2.39 bits per heavy atom. The van der Waals surface area contributed by atoms with E-state index in [1.165, 1.54) is 27.4 Å². The van der Waals surface area contributed by atoms with Gasteiger partial charge in [-0.1, -0.05) is 12.1 Å². The van der Waals surface area contributed by atoms with Crippen LogP contribution in [0.4, 0.5) is 0 Å². The zero-order valence-corrected chi connectivity index (χ0v) is 19.3. The molecule has 1 heterocycles. The number of carbonyl (C=O) groups is 1. The van der Waals surface area contributed by atoms with Crippen LogP contribution in [0.5, 0.6) is 28.7 Å². The summed E-state index contributed by atoms with van der Waals surface area (Å²) in [7, 11) is 4.47. The number of hydrogen-bond acceptors (Lipinski definition) is 8. The summed E-state index contributed by atoms with van der Waals surface area (Å²) in [5.74, 6) is 0.953. The lowest BCUT2D eigenvalue weighted by Gasteiger charge is -2.29. The average molecular weight is 456 g/mol. The van der Waals surface area contributed by atoms with E-state index < -0.39 is 11.4 Å². The quantitative estimate of drug-likeness (QED) is 0.319. The van der Waals surface area contributed by atoms with Gasteiger partial charge in [-0.25, -0.2) is 0 Å². The first-order valence-corrected chi connectivity index (χ1v) is 10.2. The molecule has 0 fully saturated rings. The van der Waals surface area contributed by atoms with Crippen LogP contribution in [0.15, 0.2) is 36.4 Å². The van der Waals surface area contributed by atoms with Gasteiger partial charge in [0.1, 0.15) is 28.4 Å². The Morgan fingerprint density at radius 1 is 1.03 bits per heavy atom. The first-order valence-electron chi connectivity index (χ1n) is 10.2. The number of carbonyl (C=O) groups excluding carboxylic acids is 1. The smallest absolute Gasteiger partial charge is 0.193 e. The van der Waals surface area contributed by atoms with Crippen molar-refractivity contribution in [1.29, 1.82) is 0 Å². The zero-order valence-electron chi connectivity index (χ0n) is 19.3. The molecule has 3 rings (SSSR count). The third kappa shape index (κ3) is 5.66. The van der Waals surface area contributed by atoms with Crippen LogP contribution in [0.25, 0.3) is 12.2 Å². The Morgan fingerprint density at radius 2 is 1.73 bits per heavy atom. The molecular formula is C25H28O8. The highest BCUT2D eigenvalue weighted by molar-refractivity contribution is 6.11. The normalized spacial score (nSPS) is 14.0. The molecule has 1 aliphatic rings. The van der Waals surface area contributed by atoms with Gasteiger partial charge in [0, 0.05) is 20.3 Å². The minimum absolute atomic E-state index is 0.0298. The second-order valence-corrected chi connectivity index (χ2v) is 7.76. The monoisotopic (exact) mass is 456 g/mol. The van der Waals surface area contributed by atoms with Crippen molar-refractivity contribution in [3.05, 3.63) is 53.1 Å². The Balaban J connectivity index is 1.90. The van der Waals surface area contributed by atoms with E-state index in [0.717, 1.165) is 0 Å². The van der Waals surface area contributed by atoms with E-state index in [1.807, 2.05) is 19.9 Å². The van der Waals surface area contributed by atoms with Crippen LogP contribution >= 0.6 is 0 Å². The molecule has 0 bridgehead atoms. The largest absolute Gasteiger partial charge is 0.506 e. The molecular weight excluding hydrogens is 428 g/mol. The summed E-state index contributed by atoms with van der Waals surface area (Å²) in [6, 6.07) is 6.78. The Hall–Kier alpha value is -3.49. The summed E-state index contributed by atoms with van der Waals surface area (Å²) in [6.45, 7) is 3.88. The summed E-state index contributed by atoms with van der Waals surface area (Å²) >= 11 is 0. The van der Waals surface area contributed by atoms with Gasteiger partial charge in [0.25, 0.3) is 0 Å². The number of methoxy groups -OCH3 is 3. The molecule has 2 aromatic carbocycles. The molecule has 0 saturated carbocycles. The number of fused-ring (bicyclic) bond motifs is 1. The van der Waals surface area contributed by atoms with Crippen LogP contribution in [0.2, 0.25) is 0 Å². The number of hydrogen-bond donors (Lipinski definition) is 1. The molecule has 8 heteroatoms. The van der Waals surface area contributed by atoms with Crippen LogP contribution in [-0.2, 0) is 9.47 Å². The average Bonchev–Trinajstić information content (AvgIpc) is 2.79. The fourth-order valence-corrected chi connectivity index (χ4v) is 3.24. The maximum Gasteiger partial charge on any atom is 0.193 e. The van der Waals surface area contributed by atoms with Crippen LogP contribution in [0.1, 0.15) is 35.3 Å². The first-order chi connectivity index (χ1) is 15.8. The molecule has 0 amide bonds. The minimum atomic E-state index is -0.530. The number of phenolic OH excluding ortho intramolecular Hbond substituents is 1. The number of ketones is 1. The fraction of sp³-hybridized carbons (Fsp3) is 0.320. The van der Waals surface area contributed by atoms with Gasteiger partial charge >= 0.3 is 0 Å². The van der Waals surface area contributed by atoms with Crippen molar-refractivity contribution in [2.45, 2.75) is 19.4 Å². The predicted molar refractivity (Wildman–Crippen MR) is 123 cm³/mol. The number of benzene rings is 2. The third-order valence-electron chi connectivity index (χ3n) is 4.82. The maximum absolute atomic E-state index is 13.0. The molecule has 0 radical (unpaired) electrons. The van der Waals surface area contributed by atoms with E-state index in [9.17, 15) is 9.90 Å². The van der Waals surface area contributed by atoms with Gasteiger partial charge in [-0.15, -0.1) is 0 Å². The van der Waals surface area contributed by atoms with Crippen molar-refractivity contribution in [3.63, 3.8) is 0 Å². The van der Waals surface area contributed by atoms with Gasteiger partial charge in [-0.05, 0) is 49.8 Å². The van der Waals surface area contributed by atoms with Gasteiger partial charge in [0.15, 0.2) is 30.9 Å². The summed E-state index contributed by atoms with van der Waals surface area (Å²) < 4.78 is 32.2. The molecule has 33 heavy (non-hydrogen) atoms. The van der Waals surface area contributed by atoms with Gasteiger partial charge in [-0.2, -0.15) is 0 Å². The highest BCUT2D eigenvalue weighted by atomic mass is 16.7. The number of aromatic hydroxyl groups is 1. The van der Waals surface area contributed by atoms with E-state index in [4.69, 9.17) is 28.4 Å². The Kier molecular flexibility index (Phi) is 7.63. The molecule has 0 unspecified atom stereocenters. The van der Waals surface area contributed by atoms with Crippen LogP contribution < -0.4 is 18.9 Å². The molecule has 0 aliphatic carbocycles. The Labute approximate surface area is 192 Å². The second kappa shape index (κ2) is 10.4. The van der Waals surface area contributed by atoms with Crippen molar-refractivity contribution in [1.82, 2.24) is 0 Å². The topological polar surface area (TPSA) is 92.7 Å². The molecule has 1 N–H and O–H groups in total. The third-order valence-corrected chi connectivity index (χ3v) is 4.82. The summed E-state index contributed by atoms with van der Waals surface area (Å²) in [6.07, 6.45) is 6.52. The number of ether oxygens (including phenoxy) is 6. The maximum atomic E-state index is 13.0. The molecule has 0 aromatic heterocycles. The van der Waals surface area contributed by atoms with E-state index in [-0.39, 0.29) is 30.6 Å². The highest BCUT2D eigenvalue weighted by Gasteiger charge is 2.28. The highest BCUT2D eigenvalue weighted by Crippen LogP contribution is 2.43. The molecule has 0 atom stereocenters.